The van der Waals surface area contributed by atoms with E-state index in [0.29, 0.717) is 10.7 Å². The Morgan fingerprint density at radius 1 is 1.25 bits per heavy atom. The molecule has 0 saturated carbocycles. The lowest BCUT2D eigenvalue weighted by Crippen LogP contribution is -2.49. The van der Waals surface area contributed by atoms with Crippen molar-refractivity contribution in [2.45, 2.75) is 45.2 Å². The molecule has 0 spiro atoms. The van der Waals surface area contributed by atoms with Crippen molar-refractivity contribution < 1.29 is 13.2 Å². The summed E-state index contributed by atoms with van der Waals surface area (Å²) < 4.78 is 26.2. The van der Waals surface area contributed by atoms with Gasteiger partial charge < -0.3 is 5.32 Å². The number of nitrogens with one attached hydrogen (secondary N) is 1. The van der Waals surface area contributed by atoms with E-state index in [9.17, 15) is 13.2 Å². The fourth-order valence-corrected chi connectivity index (χ4v) is 5.19. The molecule has 0 bridgehead atoms. The molecule has 150 valence electrons. The molecule has 1 aliphatic rings. The molecule has 0 heterocycles. The Hall–Kier alpha value is -2.05. The monoisotopic (exact) mass is 420 g/mol. The van der Waals surface area contributed by atoms with Crippen molar-refractivity contribution in [1.29, 1.82) is 0 Å². The van der Waals surface area contributed by atoms with Gasteiger partial charge in [-0.25, -0.2) is 8.42 Å². The van der Waals surface area contributed by atoms with Crippen molar-refractivity contribution in [2.75, 3.05) is 10.6 Å². The Morgan fingerprint density at radius 2 is 1.96 bits per heavy atom. The molecule has 7 heteroatoms. The van der Waals surface area contributed by atoms with Gasteiger partial charge in [-0.1, -0.05) is 41.9 Å². The normalized spacial score (nSPS) is 17.5. The number of nitrogens with zero attached hydrogens (tertiary/aromatic N) is 1. The quantitative estimate of drug-likeness (QED) is 0.795. The minimum absolute atomic E-state index is 0.109. The predicted octanol–water partition coefficient (Wildman–Crippen LogP) is 4.00. The van der Waals surface area contributed by atoms with E-state index >= 15 is 0 Å². The molecule has 0 saturated heterocycles. The number of anilines is 1. The van der Waals surface area contributed by atoms with E-state index in [1.807, 2.05) is 18.2 Å². The number of benzene rings is 2. The topological polar surface area (TPSA) is 66.5 Å². The summed E-state index contributed by atoms with van der Waals surface area (Å²) in [6, 6.07) is 12.1. The lowest BCUT2D eigenvalue weighted by Gasteiger charge is -2.32. The first-order valence-corrected chi connectivity index (χ1v) is 11.5. The third kappa shape index (κ3) is 4.33. The molecule has 1 aliphatic carbocycles. The average molecular weight is 421 g/mol. The van der Waals surface area contributed by atoms with Crippen LogP contribution in [-0.2, 0) is 21.2 Å². The van der Waals surface area contributed by atoms with E-state index in [2.05, 4.69) is 11.4 Å². The van der Waals surface area contributed by atoms with Crippen LogP contribution in [0.15, 0.2) is 42.5 Å². The van der Waals surface area contributed by atoms with Crippen molar-refractivity contribution in [1.82, 2.24) is 5.32 Å². The molecule has 0 unspecified atom stereocenters. The lowest BCUT2D eigenvalue weighted by atomic mass is 9.87. The van der Waals surface area contributed by atoms with Crippen molar-refractivity contribution in [2.24, 2.45) is 0 Å². The van der Waals surface area contributed by atoms with Crippen LogP contribution in [0.4, 0.5) is 5.69 Å². The molecule has 2 atom stereocenters. The largest absolute Gasteiger partial charge is 0.347 e. The first-order chi connectivity index (χ1) is 13.2. The number of carbonyl (C=O) groups is 1. The van der Waals surface area contributed by atoms with E-state index in [4.69, 9.17) is 11.6 Å². The lowest BCUT2D eigenvalue weighted by molar-refractivity contribution is -0.122. The molecule has 28 heavy (non-hydrogen) atoms. The van der Waals surface area contributed by atoms with Crippen LogP contribution in [0.1, 0.15) is 42.5 Å². The number of rotatable bonds is 5. The Morgan fingerprint density at radius 3 is 2.68 bits per heavy atom. The number of fused-ring (bicyclic) bond motifs is 1. The van der Waals surface area contributed by atoms with Gasteiger partial charge in [0.25, 0.3) is 0 Å². The zero-order valence-electron chi connectivity index (χ0n) is 16.3. The van der Waals surface area contributed by atoms with Gasteiger partial charge in [0.1, 0.15) is 6.04 Å². The average Bonchev–Trinajstić information content (AvgIpc) is 2.64. The van der Waals surface area contributed by atoms with E-state index < -0.39 is 16.1 Å². The first-order valence-electron chi connectivity index (χ1n) is 9.32. The molecule has 0 radical (unpaired) electrons. The molecular weight excluding hydrogens is 396 g/mol. The third-order valence-electron chi connectivity index (χ3n) is 5.18. The molecule has 5 nitrogen and oxygen atoms in total. The van der Waals surface area contributed by atoms with Gasteiger partial charge >= 0.3 is 0 Å². The van der Waals surface area contributed by atoms with Crippen molar-refractivity contribution >= 4 is 33.2 Å². The number of hydrogen-bond donors (Lipinski definition) is 1. The van der Waals surface area contributed by atoms with Crippen LogP contribution in [-0.4, -0.2) is 26.6 Å². The van der Waals surface area contributed by atoms with E-state index in [1.165, 1.54) is 5.56 Å². The maximum atomic E-state index is 13.0. The Bertz CT molecular complexity index is 991. The highest BCUT2D eigenvalue weighted by molar-refractivity contribution is 7.92. The van der Waals surface area contributed by atoms with E-state index in [1.54, 1.807) is 32.0 Å². The second-order valence-electron chi connectivity index (χ2n) is 7.32. The number of hydrogen-bond acceptors (Lipinski definition) is 3. The van der Waals surface area contributed by atoms with Crippen LogP contribution in [0.25, 0.3) is 0 Å². The summed E-state index contributed by atoms with van der Waals surface area (Å²) in [5.41, 5.74) is 3.50. The molecular formula is C21H25ClN2O3S. The zero-order valence-corrected chi connectivity index (χ0v) is 17.8. The Balaban J connectivity index is 1.89. The van der Waals surface area contributed by atoms with Gasteiger partial charge in [-0.15, -0.1) is 0 Å². The molecule has 1 amide bonds. The summed E-state index contributed by atoms with van der Waals surface area (Å²) in [4.78, 5) is 13.0. The highest BCUT2D eigenvalue weighted by Crippen LogP contribution is 2.31. The second-order valence-corrected chi connectivity index (χ2v) is 9.61. The number of aryl methyl sites for hydroxylation is 2. The van der Waals surface area contributed by atoms with Crippen molar-refractivity contribution in [3.05, 3.63) is 64.2 Å². The molecule has 0 aliphatic heterocycles. The van der Waals surface area contributed by atoms with Gasteiger partial charge in [0.05, 0.1) is 18.0 Å². The Labute approximate surface area is 171 Å². The predicted molar refractivity (Wildman–Crippen MR) is 113 cm³/mol. The smallest absolute Gasteiger partial charge is 0.244 e. The van der Waals surface area contributed by atoms with Crippen molar-refractivity contribution in [3.8, 4) is 0 Å². The van der Waals surface area contributed by atoms with Gasteiger partial charge in [-0.2, -0.15) is 0 Å². The highest BCUT2D eigenvalue weighted by Gasteiger charge is 2.32. The minimum atomic E-state index is -3.69. The van der Waals surface area contributed by atoms with Crippen LogP contribution >= 0.6 is 11.6 Å². The summed E-state index contributed by atoms with van der Waals surface area (Å²) in [6.07, 6.45) is 3.92. The van der Waals surface area contributed by atoms with Crippen LogP contribution in [0.2, 0.25) is 5.02 Å². The summed E-state index contributed by atoms with van der Waals surface area (Å²) >= 11 is 6.09. The van der Waals surface area contributed by atoms with Crippen LogP contribution < -0.4 is 9.62 Å². The van der Waals surface area contributed by atoms with Crippen LogP contribution in [0.5, 0.6) is 0 Å². The molecule has 2 aromatic carbocycles. The van der Waals surface area contributed by atoms with Gasteiger partial charge in [0.15, 0.2) is 0 Å². The molecule has 0 fully saturated rings. The van der Waals surface area contributed by atoms with Crippen LogP contribution in [0, 0.1) is 6.92 Å². The Kier molecular flexibility index (Phi) is 6.01. The van der Waals surface area contributed by atoms with E-state index in [-0.39, 0.29) is 11.9 Å². The zero-order chi connectivity index (χ0) is 20.5. The fourth-order valence-electron chi connectivity index (χ4n) is 3.80. The maximum absolute atomic E-state index is 13.0. The van der Waals surface area contributed by atoms with Gasteiger partial charge in [0, 0.05) is 5.02 Å². The number of halogens is 1. The number of carbonyl (C=O) groups excluding carboxylic acids is 1. The maximum Gasteiger partial charge on any atom is 0.244 e. The van der Waals surface area contributed by atoms with E-state index in [0.717, 1.165) is 41.0 Å². The SMILES string of the molecule is Cc1ccc(Cl)cc1N([C@H](C)C(=O)N[C@@H]1CCCc2ccccc21)S(C)(=O)=O. The van der Waals surface area contributed by atoms with Gasteiger partial charge in [-0.3, -0.25) is 9.10 Å². The van der Waals surface area contributed by atoms with Gasteiger partial charge in [-0.05, 0) is 61.9 Å². The first kappa shape index (κ1) is 20.7. The summed E-state index contributed by atoms with van der Waals surface area (Å²) in [5.74, 6) is -0.327. The summed E-state index contributed by atoms with van der Waals surface area (Å²) in [7, 11) is -3.69. The van der Waals surface area contributed by atoms with Crippen molar-refractivity contribution in [3.63, 3.8) is 0 Å². The summed E-state index contributed by atoms with van der Waals surface area (Å²) in [5, 5.41) is 3.47. The fraction of sp³-hybridized carbons (Fsp3) is 0.381. The molecule has 0 aromatic heterocycles. The standard InChI is InChI=1S/C21H25ClN2O3S/c1-14-11-12-17(22)13-20(14)24(28(3,26)27)15(2)21(25)23-19-10-6-8-16-7-4-5-9-18(16)19/h4-5,7,9,11-13,15,19H,6,8,10H2,1-3H3,(H,23,25)/t15-,19-/m1/s1. The molecule has 3 rings (SSSR count). The minimum Gasteiger partial charge on any atom is -0.347 e. The van der Waals surface area contributed by atoms with Crippen LogP contribution in [0.3, 0.4) is 0 Å². The number of amides is 1. The van der Waals surface area contributed by atoms with Gasteiger partial charge in [0.2, 0.25) is 15.9 Å². The molecule has 2 aromatic rings. The third-order valence-corrected chi connectivity index (χ3v) is 6.65. The second kappa shape index (κ2) is 8.13. The highest BCUT2D eigenvalue weighted by atomic mass is 35.5. The summed E-state index contributed by atoms with van der Waals surface area (Å²) in [6.45, 7) is 3.40. The number of sulfonamides is 1. The molecule has 1 N–H and O–H groups in total.